The second-order valence-electron chi connectivity index (χ2n) is 7.83. The van der Waals surface area contributed by atoms with Gasteiger partial charge in [0.05, 0.1) is 11.5 Å². The fraction of sp³-hybridized carbons (Fsp3) is 0.857. The van der Waals surface area contributed by atoms with Gasteiger partial charge in [0.2, 0.25) is 0 Å². The van der Waals surface area contributed by atoms with Crippen LogP contribution in [0.4, 0.5) is 0 Å². The number of unbranched alkanes of at least 4 members (excludes halogenated alkanes) is 11. The average molecular weight is 419 g/mol. The number of carbonyl (C=O) groups excluding carboxylic acids is 1. The van der Waals surface area contributed by atoms with E-state index in [2.05, 4.69) is 6.92 Å². The van der Waals surface area contributed by atoms with Gasteiger partial charge in [0.15, 0.2) is 0 Å². The Balaban J connectivity index is 2.24. The number of ether oxygens (including phenoxy) is 1. The van der Waals surface area contributed by atoms with Crippen molar-refractivity contribution in [2.75, 3.05) is 13.2 Å². The lowest BCUT2D eigenvalue weighted by Crippen LogP contribution is -2.39. The molecule has 1 fully saturated rings. The summed E-state index contributed by atoms with van der Waals surface area (Å²) in [6.45, 7) is 2.68. The Hall–Kier alpha value is -0.920. The molecule has 0 spiro atoms. The molecule has 1 saturated heterocycles. The summed E-state index contributed by atoms with van der Waals surface area (Å²) in [6, 6.07) is 0. The predicted octanol–water partition coefficient (Wildman–Crippen LogP) is 4.62. The van der Waals surface area contributed by atoms with Crippen LogP contribution in [0.2, 0.25) is 0 Å². The van der Waals surface area contributed by atoms with E-state index >= 15 is 0 Å². The summed E-state index contributed by atoms with van der Waals surface area (Å²) < 4.78 is 34.3. The van der Waals surface area contributed by atoms with Crippen LogP contribution in [0.25, 0.3) is 0 Å². The Labute approximate surface area is 170 Å². The fourth-order valence-electron chi connectivity index (χ4n) is 3.40. The minimum atomic E-state index is -3.86. The van der Waals surface area contributed by atoms with Crippen LogP contribution in [0.1, 0.15) is 97.3 Å². The molecule has 1 aliphatic heterocycles. The van der Waals surface area contributed by atoms with Crippen molar-refractivity contribution in [3.05, 3.63) is 11.0 Å². The summed E-state index contributed by atoms with van der Waals surface area (Å²) in [5.74, 6) is -0.535. The van der Waals surface area contributed by atoms with Gasteiger partial charge in [-0.15, -0.1) is 0 Å². The minimum absolute atomic E-state index is 0.0388. The molecule has 0 saturated carbocycles. The van der Waals surface area contributed by atoms with Crippen molar-refractivity contribution in [2.45, 2.75) is 103 Å². The maximum absolute atomic E-state index is 12.2. The maximum Gasteiger partial charge on any atom is 0.302 e. The van der Waals surface area contributed by atoms with Crippen LogP contribution in [0.3, 0.4) is 0 Å². The Morgan fingerprint density at radius 3 is 2.11 bits per heavy atom. The highest BCUT2D eigenvalue weighted by Gasteiger charge is 2.47. The van der Waals surface area contributed by atoms with Crippen LogP contribution >= 0.6 is 0 Å². The van der Waals surface area contributed by atoms with E-state index in [4.69, 9.17) is 8.92 Å². The van der Waals surface area contributed by atoms with Gasteiger partial charge in [-0.25, -0.2) is 0 Å². The molecule has 1 atom stereocenters. The van der Waals surface area contributed by atoms with Crippen molar-refractivity contribution < 1.29 is 27.2 Å². The molecule has 1 unspecified atom stereocenters. The first kappa shape index (κ1) is 25.1. The Morgan fingerprint density at radius 1 is 1.07 bits per heavy atom. The molecule has 0 aromatic carbocycles. The van der Waals surface area contributed by atoms with Crippen molar-refractivity contribution in [1.29, 1.82) is 0 Å². The molecule has 28 heavy (non-hydrogen) atoms. The van der Waals surface area contributed by atoms with Gasteiger partial charge in [-0.05, 0) is 12.8 Å². The Bertz CT molecular complexity index is 584. The largest absolute Gasteiger partial charge is 0.463 e. The quantitative estimate of drug-likeness (QED) is 0.237. The minimum Gasteiger partial charge on any atom is -0.463 e. The number of aliphatic hydroxyl groups is 1. The first-order chi connectivity index (χ1) is 13.4. The number of aliphatic hydroxyl groups excluding tert-OH is 1. The molecule has 6 nitrogen and oxygen atoms in total. The lowest BCUT2D eigenvalue weighted by Gasteiger charge is -2.22. The molecular weight excluding hydrogens is 380 g/mol. The van der Waals surface area contributed by atoms with Gasteiger partial charge in [0, 0.05) is 13.3 Å². The smallest absolute Gasteiger partial charge is 0.302 e. The van der Waals surface area contributed by atoms with Crippen LogP contribution in [-0.2, 0) is 23.8 Å². The lowest BCUT2D eigenvalue weighted by molar-refractivity contribution is -0.148. The summed E-state index contributed by atoms with van der Waals surface area (Å²) in [7, 11) is -3.86. The van der Waals surface area contributed by atoms with Gasteiger partial charge < -0.3 is 9.84 Å². The molecule has 164 valence electrons. The van der Waals surface area contributed by atoms with Crippen molar-refractivity contribution in [2.24, 2.45) is 0 Å². The van der Waals surface area contributed by atoms with Gasteiger partial charge in [-0.1, -0.05) is 77.2 Å². The molecule has 0 radical (unpaired) electrons. The van der Waals surface area contributed by atoms with Crippen molar-refractivity contribution in [3.63, 3.8) is 0 Å². The normalized spacial score (nSPS) is 22.6. The Morgan fingerprint density at radius 2 is 1.61 bits per heavy atom. The lowest BCUT2D eigenvalue weighted by atomic mass is 10.0. The third-order valence-corrected chi connectivity index (χ3v) is 6.64. The zero-order chi connectivity index (χ0) is 20.9. The van der Waals surface area contributed by atoms with Crippen LogP contribution < -0.4 is 0 Å². The Kier molecular flexibility index (Phi) is 12.0. The summed E-state index contributed by atoms with van der Waals surface area (Å²) in [5.41, 5.74) is -1.38. The monoisotopic (exact) mass is 418 g/mol. The van der Waals surface area contributed by atoms with Gasteiger partial charge in [0.1, 0.15) is 12.2 Å². The van der Waals surface area contributed by atoms with E-state index in [0.29, 0.717) is 6.42 Å². The highest BCUT2D eigenvalue weighted by molar-refractivity contribution is 7.91. The third kappa shape index (κ3) is 9.52. The fourth-order valence-corrected chi connectivity index (χ4v) is 4.90. The molecule has 7 heteroatoms. The predicted molar refractivity (Wildman–Crippen MR) is 110 cm³/mol. The number of hydrogen-bond acceptors (Lipinski definition) is 6. The standard InChI is InChI=1S/C21H38O6S/c1-3-4-5-6-7-8-9-10-11-12-13-14-15-20-16-21(17-22,18-26-19(2)23)27-28(20,24)25/h15,22H,3-14,16-18H2,1-2H3/b20-15+. The average Bonchev–Trinajstić information content (AvgIpc) is 2.91. The molecule has 1 rings (SSSR count). The highest BCUT2D eigenvalue weighted by atomic mass is 32.2. The zero-order valence-corrected chi connectivity index (χ0v) is 18.4. The van der Waals surface area contributed by atoms with Crippen LogP contribution in [-0.4, -0.2) is 38.3 Å². The number of hydrogen-bond donors (Lipinski definition) is 1. The van der Waals surface area contributed by atoms with Gasteiger partial charge >= 0.3 is 5.97 Å². The molecule has 0 amide bonds. The number of rotatable bonds is 15. The molecule has 0 aromatic heterocycles. The van der Waals surface area contributed by atoms with E-state index in [1.807, 2.05) is 0 Å². The van der Waals surface area contributed by atoms with Crippen LogP contribution in [0.15, 0.2) is 11.0 Å². The first-order valence-corrected chi connectivity index (χ1v) is 12.1. The van der Waals surface area contributed by atoms with Crippen molar-refractivity contribution >= 4 is 16.1 Å². The van der Waals surface area contributed by atoms with Crippen molar-refractivity contribution in [1.82, 2.24) is 0 Å². The molecule has 1 aliphatic rings. The van der Waals surface area contributed by atoms with Gasteiger partial charge in [-0.2, -0.15) is 8.42 Å². The maximum atomic E-state index is 12.2. The third-order valence-electron chi connectivity index (χ3n) is 5.11. The summed E-state index contributed by atoms with van der Waals surface area (Å²) in [4.78, 5) is 11.2. The van der Waals surface area contributed by atoms with Crippen LogP contribution in [0, 0.1) is 0 Å². The molecule has 0 aromatic rings. The molecule has 0 aliphatic carbocycles. The van der Waals surface area contributed by atoms with E-state index in [1.165, 1.54) is 64.7 Å². The molecular formula is C21H38O6S. The molecule has 1 N–H and O–H groups in total. The second kappa shape index (κ2) is 13.3. The molecule has 0 bridgehead atoms. The van der Waals surface area contributed by atoms with Crippen molar-refractivity contribution in [3.8, 4) is 0 Å². The van der Waals surface area contributed by atoms with Gasteiger partial charge in [0.25, 0.3) is 10.1 Å². The van der Waals surface area contributed by atoms with E-state index in [1.54, 1.807) is 6.08 Å². The second-order valence-corrected chi connectivity index (χ2v) is 9.43. The number of esters is 1. The first-order valence-electron chi connectivity index (χ1n) is 10.7. The zero-order valence-electron chi connectivity index (χ0n) is 17.6. The van der Waals surface area contributed by atoms with Crippen LogP contribution in [0.5, 0.6) is 0 Å². The molecule has 1 heterocycles. The van der Waals surface area contributed by atoms with E-state index in [9.17, 15) is 18.3 Å². The summed E-state index contributed by atoms with van der Waals surface area (Å²) in [5, 5.41) is 9.54. The number of allylic oxidation sites excluding steroid dienone is 1. The van der Waals surface area contributed by atoms with E-state index in [0.717, 1.165) is 12.8 Å². The van der Waals surface area contributed by atoms with E-state index in [-0.39, 0.29) is 17.9 Å². The van der Waals surface area contributed by atoms with Gasteiger partial charge in [-0.3, -0.25) is 8.98 Å². The topological polar surface area (TPSA) is 89.9 Å². The summed E-state index contributed by atoms with van der Waals surface area (Å²) >= 11 is 0. The highest BCUT2D eigenvalue weighted by Crippen LogP contribution is 2.37. The number of carbonyl (C=O) groups is 1. The summed E-state index contributed by atoms with van der Waals surface area (Å²) in [6.07, 6.45) is 16.1. The SMILES string of the molecule is CCCCCCCCCCCCC/C=C1\CC(CO)(COC(C)=O)OS1(=O)=O. The van der Waals surface area contributed by atoms with E-state index < -0.39 is 28.3 Å².